The van der Waals surface area contributed by atoms with Gasteiger partial charge >= 0.3 is 0 Å². The molecular weight excluding hydrogens is 344 g/mol. The zero-order valence-corrected chi connectivity index (χ0v) is 14.9. The molecule has 0 N–H and O–H groups in total. The predicted octanol–water partition coefficient (Wildman–Crippen LogP) is 2.34. The van der Waals surface area contributed by atoms with E-state index >= 15 is 0 Å². The van der Waals surface area contributed by atoms with E-state index < -0.39 is 0 Å². The third-order valence-electron chi connectivity index (χ3n) is 4.47. The number of anilines is 1. The Bertz CT molecular complexity index is 1080. The number of amides is 1. The topological polar surface area (TPSA) is 96.9 Å². The lowest BCUT2D eigenvalue weighted by Crippen LogP contribution is -2.22. The maximum atomic E-state index is 12.7. The molecule has 0 atom stereocenters. The second-order valence-corrected chi connectivity index (χ2v) is 6.12. The fourth-order valence-corrected chi connectivity index (χ4v) is 3.12. The van der Waals surface area contributed by atoms with E-state index in [0.717, 1.165) is 17.0 Å². The first-order valence-electron chi connectivity index (χ1n) is 8.34. The summed E-state index contributed by atoms with van der Waals surface area (Å²) < 4.78 is 6.64. The maximum Gasteiger partial charge on any atom is 0.260 e. The molecule has 3 aromatic rings. The summed E-state index contributed by atoms with van der Waals surface area (Å²) in [5.41, 5.74) is 4.40. The van der Waals surface area contributed by atoms with Crippen LogP contribution in [0.2, 0.25) is 0 Å². The van der Waals surface area contributed by atoms with Crippen LogP contribution in [-0.4, -0.2) is 32.8 Å². The average Bonchev–Trinajstić information content (AvgIpc) is 3.26. The molecule has 1 aliphatic heterocycles. The van der Waals surface area contributed by atoms with Gasteiger partial charge in [-0.25, -0.2) is 4.98 Å². The van der Waals surface area contributed by atoms with Gasteiger partial charge in [0.25, 0.3) is 5.91 Å². The van der Waals surface area contributed by atoms with Crippen molar-refractivity contribution < 1.29 is 9.53 Å². The summed E-state index contributed by atoms with van der Waals surface area (Å²) in [4.78, 5) is 23.4. The van der Waals surface area contributed by atoms with E-state index in [9.17, 15) is 4.79 Å². The van der Waals surface area contributed by atoms with Crippen LogP contribution in [0.25, 0.3) is 11.3 Å². The van der Waals surface area contributed by atoms with Crippen LogP contribution in [0.5, 0.6) is 5.88 Å². The van der Waals surface area contributed by atoms with Gasteiger partial charge in [-0.3, -0.25) is 19.4 Å². The van der Waals surface area contributed by atoms with E-state index in [-0.39, 0.29) is 12.5 Å². The van der Waals surface area contributed by atoms with Crippen molar-refractivity contribution in [1.29, 1.82) is 5.26 Å². The quantitative estimate of drug-likeness (QED) is 0.708. The molecule has 8 nitrogen and oxygen atoms in total. The van der Waals surface area contributed by atoms with Gasteiger partial charge in [-0.15, -0.1) is 0 Å². The molecule has 3 aromatic heterocycles. The van der Waals surface area contributed by atoms with E-state index in [2.05, 4.69) is 15.1 Å². The van der Waals surface area contributed by atoms with Gasteiger partial charge in [0.15, 0.2) is 0 Å². The normalized spacial score (nSPS) is 12.8. The Labute approximate surface area is 155 Å². The summed E-state index contributed by atoms with van der Waals surface area (Å²) in [5, 5.41) is 12.9. The van der Waals surface area contributed by atoms with Gasteiger partial charge in [-0.2, -0.15) is 10.4 Å². The van der Waals surface area contributed by atoms with Crippen molar-refractivity contribution in [3.05, 3.63) is 53.6 Å². The summed E-state index contributed by atoms with van der Waals surface area (Å²) in [6, 6.07) is 9.35. The van der Waals surface area contributed by atoms with Crippen LogP contribution in [0.15, 0.2) is 36.7 Å². The van der Waals surface area contributed by atoms with Gasteiger partial charge < -0.3 is 4.74 Å². The number of ether oxygens (including phenoxy) is 1. The van der Waals surface area contributed by atoms with E-state index in [0.29, 0.717) is 29.4 Å². The van der Waals surface area contributed by atoms with Gasteiger partial charge in [0.05, 0.1) is 54.3 Å². The monoisotopic (exact) mass is 360 g/mol. The molecule has 4 heterocycles. The molecule has 0 saturated carbocycles. The first-order valence-corrected chi connectivity index (χ1v) is 8.34. The van der Waals surface area contributed by atoms with Crippen molar-refractivity contribution in [2.75, 3.05) is 12.0 Å². The van der Waals surface area contributed by atoms with Crippen LogP contribution in [0, 0.1) is 18.3 Å². The number of hydrogen-bond donors (Lipinski definition) is 0. The zero-order chi connectivity index (χ0) is 19.0. The van der Waals surface area contributed by atoms with Gasteiger partial charge in [0.1, 0.15) is 6.54 Å². The highest BCUT2D eigenvalue weighted by molar-refractivity contribution is 6.09. The highest BCUT2D eigenvalue weighted by atomic mass is 16.5. The number of aromatic nitrogens is 4. The standard InChI is InChI=1S/C19H16N6O2/c1-12-14(4-6-18(22-12)27-2)16-5-3-15-17(23-16)11-25(19(15)26)13-9-21-24(10-13)8-7-20/h3-6,9-10H,8,11H2,1-2H3. The van der Waals surface area contributed by atoms with Gasteiger partial charge in [0, 0.05) is 17.8 Å². The summed E-state index contributed by atoms with van der Waals surface area (Å²) in [6.45, 7) is 2.40. The minimum absolute atomic E-state index is 0.120. The number of methoxy groups -OCH3 is 1. The molecule has 0 spiro atoms. The lowest BCUT2D eigenvalue weighted by atomic mass is 10.1. The summed E-state index contributed by atoms with van der Waals surface area (Å²) >= 11 is 0. The van der Waals surface area contributed by atoms with Crippen LogP contribution >= 0.6 is 0 Å². The van der Waals surface area contributed by atoms with Crippen LogP contribution in [0.4, 0.5) is 5.69 Å². The number of nitrogens with zero attached hydrogens (tertiary/aromatic N) is 6. The minimum Gasteiger partial charge on any atom is -0.481 e. The Hall–Kier alpha value is -3.73. The van der Waals surface area contributed by atoms with Gasteiger partial charge in [-0.05, 0) is 25.1 Å². The van der Waals surface area contributed by atoms with E-state index in [1.807, 2.05) is 25.1 Å². The Morgan fingerprint density at radius 3 is 2.78 bits per heavy atom. The fourth-order valence-electron chi connectivity index (χ4n) is 3.12. The summed E-state index contributed by atoms with van der Waals surface area (Å²) in [6.07, 6.45) is 3.27. The largest absolute Gasteiger partial charge is 0.481 e. The number of fused-ring (bicyclic) bond motifs is 1. The SMILES string of the molecule is COc1ccc(-c2ccc3c(n2)CN(c2cnn(CC#N)c2)C3=O)c(C)n1. The molecule has 4 rings (SSSR count). The second-order valence-electron chi connectivity index (χ2n) is 6.12. The molecule has 0 bridgehead atoms. The van der Waals surface area contributed by atoms with Crippen LogP contribution in [-0.2, 0) is 13.1 Å². The van der Waals surface area contributed by atoms with E-state index in [1.165, 1.54) is 4.68 Å². The number of carbonyl (C=O) groups excluding carboxylic acids is 1. The number of pyridine rings is 2. The molecule has 0 aromatic carbocycles. The van der Waals surface area contributed by atoms with Gasteiger partial charge in [0.2, 0.25) is 5.88 Å². The van der Waals surface area contributed by atoms with Crippen molar-refractivity contribution in [3.8, 4) is 23.2 Å². The Balaban J connectivity index is 1.65. The highest BCUT2D eigenvalue weighted by Crippen LogP contribution is 2.30. The number of rotatable bonds is 4. The van der Waals surface area contributed by atoms with E-state index in [1.54, 1.807) is 36.5 Å². The number of aryl methyl sites for hydroxylation is 1. The van der Waals surface area contributed by atoms with Crippen LogP contribution < -0.4 is 9.64 Å². The Kier molecular flexibility index (Phi) is 4.05. The molecule has 0 radical (unpaired) electrons. The highest BCUT2D eigenvalue weighted by Gasteiger charge is 2.31. The lowest BCUT2D eigenvalue weighted by molar-refractivity contribution is 0.0996. The molecular formula is C19H16N6O2. The predicted molar refractivity (Wildman–Crippen MR) is 97.1 cm³/mol. The average molecular weight is 360 g/mol. The van der Waals surface area contributed by atoms with Crippen molar-refractivity contribution in [3.63, 3.8) is 0 Å². The first-order chi connectivity index (χ1) is 13.1. The first kappa shape index (κ1) is 16.7. The van der Waals surface area contributed by atoms with Crippen LogP contribution in [0.3, 0.4) is 0 Å². The maximum absolute atomic E-state index is 12.7. The lowest BCUT2D eigenvalue weighted by Gasteiger charge is -2.11. The Morgan fingerprint density at radius 1 is 1.22 bits per heavy atom. The zero-order valence-electron chi connectivity index (χ0n) is 14.9. The minimum atomic E-state index is -0.120. The molecule has 8 heteroatoms. The van der Waals surface area contributed by atoms with Crippen molar-refractivity contribution >= 4 is 11.6 Å². The number of nitriles is 1. The van der Waals surface area contributed by atoms with Crippen LogP contribution in [0.1, 0.15) is 21.7 Å². The molecule has 0 aliphatic carbocycles. The second kappa shape index (κ2) is 6.53. The van der Waals surface area contributed by atoms with Crippen molar-refractivity contribution in [2.24, 2.45) is 0 Å². The van der Waals surface area contributed by atoms with E-state index in [4.69, 9.17) is 10.00 Å². The Morgan fingerprint density at radius 2 is 2.04 bits per heavy atom. The number of carbonyl (C=O) groups is 1. The third-order valence-corrected chi connectivity index (χ3v) is 4.47. The molecule has 0 unspecified atom stereocenters. The molecule has 1 aliphatic rings. The molecule has 0 saturated heterocycles. The molecule has 0 fully saturated rings. The fraction of sp³-hybridized carbons (Fsp3) is 0.211. The summed E-state index contributed by atoms with van der Waals surface area (Å²) in [5.74, 6) is 0.429. The van der Waals surface area contributed by atoms with Crippen molar-refractivity contribution in [1.82, 2.24) is 19.7 Å². The molecule has 1 amide bonds. The molecule has 27 heavy (non-hydrogen) atoms. The van der Waals surface area contributed by atoms with Gasteiger partial charge in [-0.1, -0.05) is 0 Å². The smallest absolute Gasteiger partial charge is 0.260 e. The third kappa shape index (κ3) is 2.89. The molecule has 134 valence electrons. The summed E-state index contributed by atoms with van der Waals surface area (Å²) in [7, 11) is 1.58. The van der Waals surface area contributed by atoms with Crippen molar-refractivity contribution in [2.45, 2.75) is 20.0 Å². The number of hydrogen-bond acceptors (Lipinski definition) is 6.